The van der Waals surface area contributed by atoms with Crippen LogP contribution in [-0.2, 0) is 32.7 Å². The van der Waals surface area contributed by atoms with Crippen LogP contribution in [0.5, 0.6) is 0 Å². The number of phosphoric ester groups is 1. The first kappa shape index (κ1) is 49.0. The highest BCUT2D eigenvalue weighted by Crippen LogP contribution is 2.43. The number of esters is 2. The Morgan fingerprint density at radius 2 is 0.860 bits per heavy atom. The first-order valence-corrected chi connectivity index (χ1v) is 22.5. The van der Waals surface area contributed by atoms with E-state index in [1.165, 1.54) is 148 Å². The van der Waals surface area contributed by atoms with E-state index >= 15 is 0 Å². The quantitative estimate of drug-likeness (QED) is 0.0358. The number of hydrogen-bond donors (Lipinski definition) is 2. The topological polar surface area (TPSA) is 134 Å². The molecule has 0 radical (unpaired) electrons. The van der Waals surface area contributed by atoms with Crippen LogP contribution in [0.4, 0.5) is 0 Å². The van der Waals surface area contributed by atoms with Gasteiger partial charge in [-0.3, -0.25) is 18.6 Å². The van der Waals surface area contributed by atoms with Crippen molar-refractivity contribution in [1.82, 2.24) is 0 Å². The molecule has 0 amide bonds. The van der Waals surface area contributed by atoms with Gasteiger partial charge in [-0.1, -0.05) is 187 Å². The Balaban J connectivity index is 3.95. The van der Waals surface area contributed by atoms with E-state index in [2.05, 4.69) is 13.8 Å². The summed E-state index contributed by atoms with van der Waals surface area (Å²) in [6.45, 7) is 3.71. The summed E-state index contributed by atoms with van der Waals surface area (Å²) >= 11 is 0. The zero-order valence-electron chi connectivity index (χ0n) is 32.7. The number of unbranched alkanes of at least 4 members (excludes halogenated alkanes) is 27. The molecule has 0 aromatic heterocycles. The predicted molar refractivity (Wildman–Crippen MR) is 206 cm³/mol. The second-order valence-corrected chi connectivity index (χ2v) is 15.7. The zero-order valence-corrected chi connectivity index (χ0v) is 33.6. The van der Waals surface area contributed by atoms with Crippen LogP contribution in [-0.4, -0.2) is 49.3 Å². The van der Waals surface area contributed by atoms with Crippen LogP contribution in [0.1, 0.15) is 213 Å². The van der Waals surface area contributed by atoms with Crippen LogP contribution in [0.2, 0.25) is 0 Å². The van der Waals surface area contributed by atoms with E-state index in [1.54, 1.807) is 0 Å². The summed E-state index contributed by atoms with van der Waals surface area (Å²) in [5.74, 6) is -0.823. The summed E-state index contributed by atoms with van der Waals surface area (Å²) in [6.07, 6.45) is 35.9. The monoisotopic (exact) mass is 734 g/mol. The highest BCUT2D eigenvalue weighted by molar-refractivity contribution is 7.47. The fourth-order valence-corrected chi connectivity index (χ4v) is 6.87. The van der Waals surface area contributed by atoms with Crippen LogP contribution in [0.3, 0.4) is 0 Å². The lowest BCUT2D eigenvalue weighted by atomic mass is 10.0. The van der Waals surface area contributed by atoms with Crippen LogP contribution in [0, 0.1) is 0 Å². The molecule has 0 fully saturated rings. The Bertz CT molecular complexity index is 799. The second kappa shape index (κ2) is 37.8. The van der Waals surface area contributed by atoms with Gasteiger partial charge >= 0.3 is 19.8 Å². The molecule has 50 heavy (non-hydrogen) atoms. The molecule has 298 valence electrons. The summed E-state index contributed by atoms with van der Waals surface area (Å²) in [5, 5.41) is 0. The molecule has 0 aliphatic rings. The van der Waals surface area contributed by atoms with Gasteiger partial charge in [-0.2, -0.15) is 0 Å². The zero-order chi connectivity index (χ0) is 36.8. The minimum Gasteiger partial charge on any atom is -0.462 e. The van der Waals surface area contributed by atoms with Gasteiger partial charge in [0.15, 0.2) is 6.10 Å². The third-order valence-corrected chi connectivity index (χ3v) is 10.2. The van der Waals surface area contributed by atoms with Crippen molar-refractivity contribution < 1.29 is 37.6 Å². The fourth-order valence-electron chi connectivity index (χ4n) is 6.11. The van der Waals surface area contributed by atoms with E-state index < -0.39 is 26.5 Å². The van der Waals surface area contributed by atoms with Gasteiger partial charge in [0.05, 0.1) is 13.2 Å². The highest BCUT2D eigenvalue weighted by atomic mass is 31.2. The standard InChI is InChI=1S/C40H80NO8P/c1-3-5-7-9-11-12-13-14-15-16-17-18-19-20-21-22-23-24-25-27-29-31-33-40(43)49-38(37-48-50(44,45)47-35-34-41)36-46-39(42)32-30-28-26-10-8-6-4-2/h38H,3-37,41H2,1-2H3,(H,44,45)/t38-/m1/s1. The van der Waals surface area contributed by atoms with E-state index in [0.717, 1.165) is 32.1 Å². The van der Waals surface area contributed by atoms with E-state index in [1.807, 2.05) is 0 Å². The van der Waals surface area contributed by atoms with Gasteiger partial charge < -0.3 is 20.1 Å². The largest absolute Gasteiger partial charge is 0.472 e. The smallest absolute Gasteiger partial charge is 0.462 e. The molecule has 0 bridgehead atoms. The van der Waals surface area contributed by atoms with Gasteiger partial charge in [0, 0.05) is 19.4 Å². The molecular formula is C40H80NO8P. The normalized spacial score (nSPS) is 13.3. The summed E-state index contributed by atoms with van der Waals surface area (Å²) in [5.41, 5.74) is 5.33. The summed E-state index contributed by atoms with van der Waals surface area (Å²) in [7, 11) is -4.36. The van der Waals surface area contributed by atoms with Gasteiger partial charge in [0.1, 0.15) is 6.61 Å². The van der Waals surface area contributed by atoms with Crippen LogP contribution in [0.15, 0.2) is 0 Å². The molecule has 0 heterocycles. The van der Waals surface area contributed by atoms with Crippen LogP contribution >= 0.6 is 7.82 Å². The number of carbonyl (C=O) groups is 2. The summed E-state index contributed by atoms with van der Waals surface area (Å²) in [6, 6.07) is 0. The molecule has 0 aromatic rings. The molecule has 1 unspecified atom stereocenters. The van der Waals surface area contributed by atoms with Crippen molar-refractivity contribution >= 4 is 19.8 Å². The number of nitrogens with two attached hydrogens (primary N) is 1. The molecule has 0 aliphatic carbocycles. The minimum absolute atomic E-state index is 0.0576. The molecule has 10 heteroatoms. The molecule has 0 saturated carbocycles. The number of rotatable bonds is 40. The number of hydrogen-bond acceptors (Lipinski definition) is 8. The van der Waals surface area contributed by atoms with Gasteiger partial charge in [-0.25, -0.2) is 4.57 Å². The number of carbonyl (C=O) groups excluding carboxylic acids is 2. The Labute approximate surface area is 307 Å². The Hall–Kier alpha value is -0.990. The van der Waals surface area contributed by atoms with Crippen molar-refractivity contribution in [2.45, 2.75) is 219 Å². The van der Waals surface area contributed by atoms with Crippen molar-refractivity contribution in [3.05, 3.63) is 0 Å². The lowest BCUT2D eigenvalue weighted by molar-refractivity contribution is -0.161. The first-order chi connectivity index (χ1) is 24.3. The second-order valence-electron chi connectivity index (χ2n) is 14.2. The SMILES string of the molecule is CCCCCCCCCCCCCCCCCCCCCCCCC(=O)O[C@H](COC(=O)CCCCCCCCC)COP(=O)(O)OCCN. The lowest BCUT2D eigenvalue weighted by Crippen LogP contribution is -2.29. The third kappa shape index (κ3) is 36.8. The maximum Gasteiger partial charge on any atom is 0.472 e. The minimum atomic E-state index is -4.36. The lowest BCUT2D eigenvalue weighted by Gasteiger charge is -2.19. The van der Waals surface area contributed by atoms with E-state index in [4.69, 9.17) is 24.3 Å². The molecule has 3 N–H and O–H groups in total. The molecule has 0 rings (SSSR count). The van der Waals surface area contributed by atoms with E-state index in [-0.39, 0.29) is 38.6 Å². The average molecular weight is 734 g/mol. The van der Waals surface area contributed by atoms with Crippen molar-refractivity contribution in [2.24, 2.45) is 5.73 Å². The number of phosphoric acid groups is 1. The van der Waals surface area contributed by atoms with Gasteiger partial charge in [-0.15, -0.1) is 0 Å². The highest BCUT2D eigenvalue weighted by Gasteiger charge is 2.26. The van der Waals surface area contributed by atoms with Gasteiger partial charge in [-0.05, 0) is 12.8 Å². The molecule has 2 atom stereocenters. The Kier molecular flexibility index (Phi) is 37.0. The summed E-state index contributed by atoms with van der Waals surface area (Å²) < 4.78 is 32.6. The molecule has 0 spiro atoms. The van der Waals surface area contributed by atoms with E-state index in [0.29, 0.717) is 6.42 Å². The molecule has 9 nitrogen and oxygen atoms in total. The van der Waals surface area contributed by atoms with Crippen molar-refractivity contribution in [1.29, 1.82) is 0 Å². The Morgan fingerprint density at radius 1 is 0.520 bits per heavy atom. The third-order valence-electron chi connectivity index (χ3n) is 9.24. The predicted octanol–water partition coefficient (Wildman–Crippen LogP) is 11.7. The number of ether oxygens (including phenoxy) is 2. The summed E-state index contributed by atoms with van der Waals surface area (Å²) in [4.78, 5) is 34.6. The van der Waals surface area contributed by atoms with Crippen molar-refractivity contribution in [2.75, 3.05) is 26.4 Å². The maximum absolute atomic E-state index is 12.5. The average Bonchev–Trinajstić information content (AvgIpc) is 3.10. The fraction of sp³-hybridized carbons (Fsp3) is 0.950. The molecular weight excluding hydrogens is 653 g/mol. The van der Waals surface area contributed by atoms with Crippen LogP contribution in [0.25, 0.3) is 0 Å². The van der Waals surface area contributed by atoms with Crippen LogP contribution < -0.4 is 5.73 Å². The van der Waals surface area contributed by atoms with Crippen molar-refractivity contribution in [3.63, 3.8) is 0 Å². The molecule has 0 aliphatic heterocycles. The first-order valence-electron chi connectivity index (χ1n) is 21.0. The van der Waals surface area contributed by atoms with Crippen molar-refractivity contribution in [3.8, 4) is 0 Å². The maximum atomic E-state index is 12.5. The molecule has 0 aromatic carbocycles. The van der Waals surface area contributed by atoms with Gasteiger partial charge in [0.2, 0.25) is 0 Å². The van der Waals surface area contributed by atoms with E-state index in [9.17, 15) is 19.0 Å². The Morgan fingerprint density at radius 3 is 1.22 bits per heavy atom. The molecule has 0 saturated heterocycles. The van der Waals surface area contributed by atoms with Gasteiger partial charge in [0.25, 0.3) is 0 Å².